The molecule has 2 atom stereocenters. The van der Waals surface area contributed by atoms with E-state index < -0.39 is 17.5 Å². The van der Waals surface area contributed by atoms with Gasteiger partial charge in [0.05, 0.1) is 6.61 Å². The Labute approximate surface area is 153 Å². The van der Waals surface area contributed by atoms with E-state index in [0.29, 0.717) is 12.1 Å². The minimum atomic E-state index is -1.45. The first-order valence-corrected chi connectivity index (χ1v) is 8.99. The van der Waals surface area contributed by atoms with E-state index in [2.05, 4.69) is 4.98 Å². The van der Waals surface area contributed by atoms with Crippen LogP contribution in [0, 0.1) is 5.41 Å². The monoisotopic (exact) mass is 362 g/mol. The zero-order valence-electron chi connectivity index (χ0n) is 15.6. The van der Waals surface area contributed by atoms with Gasteiger partial charge in [0.2, 0.25) is 0 Å². The van der Waals surface area contributed by atoms with Gasteiger partial charge in [-0.05, 0) is 32.4 Å². The highest BCUT2D eigenvalue weighted by Crippen LogP contribution is 2.32. The summed E-state index contributed by atoms with van der Waals surface area (Å²) in [5, 5.41) is 0. The van der Waals surface area contributed by atoms with Crippen molar-refractivity contribution >= 4 is 17.8 Å². The summed E-state index contributed by atoms with van der Waals surface area (Å²) in [6, 6.07) is 5.31. The van der Waals surface area contributed by atoms with Crippen LogP contribution in [-0.4, -0.2) is 53.5 Å². The summed E-state index contributed by atoms with van der Waals surface area (Å²) in [7, 11) is 0. The van der Waals surface area contributed by atoms with Crippen molar-refractivity contribution in [3.63, 3.8) is 0 Å². The fourth-order valence-electron chi connectivity index (χ4n) is 2.94. The fourth-order valence-corrected chi connectivity index (χ4v) is 2.94. The van der Waals surface area contributed by atoms with Crippen molar-refractivity contribution in [2.45, 2.75) is 46.1 Å². The number of hydrogen-bond acceptors (Lipinski definition) is 6. The van der Waals surface area contributed by atoms with Crippen LogP contribution in [0.3, 0.4) is 0 Å². The maximum absolute atomic E-state index is 12.8. The Bertz CT molecular complexity index is 649. The van der Waals surface area contributed by atoms with Gasteiger partial charge in [-0.25, -0.2) is 4.79 Å². The van der Waals surface area contributed by atoms with E-state index in [4.69, 9.17) is 9.47 Å². The quantitative estimate of drug-likeness (QED) is 0.570. The second-order valence-electron chi connectivity index (χ2n) is 6.50. The Balaban J connectivity index is 2.29. The average molecular weight is 362 g/mol. The lowest BCUT2D eigenvalue weighted by Gasteiger charge is -2.39. The molecule has 0 aliphatic carbocycles. The van der Waals surface area contributed by atoms with Gasteiger partial charge in [-0.3, -0.25) is 14.6 Å². The normalized spacial score (nSPS) is 21.2. The molecule has 1 amide bonds. The van der Waals surface area contributed by atoms with Crippen LogP contribution in [0.5, 0.6) is 0 Å². The molecule has 0 bridgehead atoms. The third kappa shape index (κ3) is 4.39. The van der Waals surface area contributed by atoms with Crippen LogP contribution in [0.1, 0.15) is 39.3 Å². The first-order chi connectivity index (χ1) is 12.4. The van der Waals surface area contributed by atoms with Gasteiger partial charge in [-0.1, -0.05) is 13.0 Å². The van der Waals surface area contributed by atoms with Crippen LogP contribution in [0.25, 0.3) is 0 Å². The minimum absolute atomic E-state index is 0.0590. The molecule has 0 saturated carbocycles. The molecule has 0 radical (unpaired) electrons. The summed E-state index contributed by atoms with van der Waals surface area (Å²) in [5.74, 6) is -0.842. The van der Waals surface area contributed by atoms with Crippen LogP contribution >= 0.6 is 0 Å². The number of likely N-dealkylation sites (tertiary alicyclic amines) is 1. The molecule has 0 N–H and O–H groups in total. The number of ketones is 1. The second-order valence-corrected chi connectivity index (χ2v) is 6.50. The SMILES string of the molecule is CCOC(=O)C1(Cc2ccccn2)CN(C(=O)OC(C)CC)CCC1=O. The van der Waals surface area contributed by atoms with Gasteiger partial charge < -0.3 is 14.4 Å². The van der Waals surface area contributed by atoms with Crippen molar-refractivity contribution < 1.29 is 23.9 Å². The molecule has 2 heterocycles. The number of rotatable bonds is 6. The van der Waals surface area contributed by atoms with E-state index in [9.17, 15) is 14.4 Å². The lowest BCUT2D eigenvalue weighted by atomic mass is 9.75. The number of esters is 1. The Morgan fingerprint density at radius 1 is 1.35 bits per heavy atom. The molecule has 1 aromatic heterocycles. The lowest BCUT2D eigenvalue weighted by molar-refractivity contribution is -0.163. The molecule has 1 aliphatic heterocycles. The van der Waals surface area contributed by atoms with Crippen molar-refractivity contribution in [3.8, 4) is 0 Å². The van der Waals surface area contributed by atoms with Crippen molar-refractivity contribution in [3.05, 3.63) is 30.1 Å². The topological polar surface area (TPSA) is 85.8 Å². The highest BCUT2D eigenvalue weighted by molar-refractivity contribution is 6.05. The van der Waals surface area contributed by atoms with Crippen molar-refractivity contribution in [1.29, 1.82) is 0 Å². The van der Waals surface area contributed by atoms with Crippen molar-refractivity contribution in [2.75, 3.05) is 19.7 Å². The molecule has 7 heteroatoms. The van der Waals surface area contributed by atoms with E-state index in [0.717, 1.165) is 0 Å². The Kier molecular flexibility index (Phi) is 6.71. The Morgan fingerprint density at radius 3 is 2.73 bits per heavy atom. The fraction of sp³-hybridized carbons (Fsp3) is 0.579. The molecular formula is C19H26N2O5. The molecule has 142 valence electrons. The predicted molar refractivity (Wildman–Crippen MR) is 94.4 cm³/mol. The number of ether oxygens (including phenoxy) is 2. The predicted octanol–water partition coefficient (Wildman–Crippen LogP) is 2.38. The van der Waals surface area contributed by atoms with E-state index >= 15 is 0 Å². The number of carbonyl (C=O) groups is 3. The average Bonchev–Trinajstić information content (AvgIpc) is 2.64. The van der Waals surface area contributed by atoms with Gasteiger partial charge in [0, 0.05) is 37.8 Å². The Morgan fingerprint density at radius 2 is 2.12 bits per heavy atom. The van der Waals surface area contributed by atoms with Crippen LogP contribution in [-0.2, 0) is 25.5 Å². The number of Topliss-reactive ketones (excluding diaryl/α,β-unsaturated/α-hetero) is 1. The number of amides is 1. The van der Waals surface area contributed by atoms with Crippen LogP contribution in [0.15, 0.2) is 24.4 Å². The van der Waals surface area contributed by atoms with Crippen LogP contribution in [0.4, 0.5) is 4.79 Å². The van der Waals surface area contributed by atoms with E-state index in [1.54, 1.807) is 38.2 Å². The number of carbonyl (C=O) groups excluding carboxylic acids is 3. The summed E-state index contributed by atoms with van der Waals surface area (Å²) < 4.78 is 10.6. The van der Waals surface area contributed by atoms with Gasteiger partial charge in [0.25, 0.3) is 0 Å². The molecular weight excluding hydrogens is 336 g/mol. The van der Waals surface area contributed by atoms with E-state index in [1.807, 2.05) is 6.92 Å². The molecule has 26 heavy (non-hydrogen) atoms. The van der Waals surface area contributed by atoms with Gasteiger partial charge in [-0.15, -0.1) is 0 Å². The van der Waals surface area contributed by atoms with Crippen molar-refractivity contribution in [2.24, 2.45) is 5.41 Å². The highest BCUT2D eigenvalue weighted by Gasteiger charge is 2.52. The maximum atomic E-state index is 12.8. The summed E-state index contributed by atoms with van der Waals surface area (Å²) in [6.07, 6.45) is 1.74. The first kappa shape index (κ1) is 19.9. The largest absolute Gasteiger partial charge is 0.465 e. The lowest BCUT2D eigenvalue weighted by Crippen LogP contribution is -2.57. The van der Waals surface area contributed by atoms with Gasteiger partial charge in [0.15, 0.2) is 5.78 Å². The molecule has 7 nitrogen and oxygen atoms in total. The summed E-state index contributed by atoms with van der Waals surface area (Å²) in [5.41, 5.74) is -0.845. The van der Waals surface area contributed by atoms with E-state index in [-0.39, 0.29) is 44.4 Å². The highest BCUT2D eigenvalue weighted by atomic mass is 16.6. The second kappa shape index (κ2) is 8.78. The molecule has 0 aromatic carbocycles. The summed E-state index contributed by atoms with van der Waals surface area (Å²) >= 11 is 0. The van der Waals surface area contributed by atoms with Gasteiger partial charge in [0.1, 0.15) is 11.5 Å². The zero-order valence-corrected chi connectivity index (χ0v) is 15.6. The number of nitrogens with zero attached hydrogens (tertiary/aromatic N) is 2. The number of piperidine rings is 1. The molecule has 0 spiro atoms. The molecule has 1 aliphatic rings. The molecule has 1 saturated heterocycles. The van der Waals surface area contributed by atoms with Crippen LogP contribution < -0.4 is 0 Å². The maximum Gasteiger partial charge on any atom is 0.410 e. The molecule has 1 aromatic rings. The third-order valence-electron chi connectivity index (χ3n) is 4.61. The third-order valence-corrected chi connectivity index (χ3v) is 4.61. The van der Waals surface area contributed by atoms with E-state index in [1.165, 1.54) is 4.90 Å². The zero-order chi connectivity index (χ0) is 19.2. The summed E-state index contributed by atoms with van der Waals surface area (Å²) in [6.45, 7) is 5.75. The standard InChI is InChI=1S/C19H26N2O5/c1-4-14(3)26-18(24)21-11-9-16(22)19(13-21,17(23)25-5-2)12-15-8-6-7-10-20-15/h6-8,10,14H,4-5,9,11-13H2,1-3H3. The molecule has 1 fully saturated rings. The number of hydrogen-bond donors (Lipinski definition) is 0. The minimum Gasteiger partial charge on any atom is -0.465 e. The van der Waals surface area contributed by atoms with Gasteiger partial charge in [-0.2, -0.15) is 0 Å². The summed E-state index contributed by atoms with van der Waals surface area (Å²) in [4.78, 5) is 43.6. The number of aromatic nitrogens is 1. The number of pyridine rings is 1. The molecule has 2 unspecified atom stereocenters. The smallest absolute Gasteiger partial charge is 0.410 e. The van der Waals surface area contributed by atoms with Gasteiger partial charge >= 0.3 is 12.1 Å². The van der Waals surface area contributed by atoms with Crippen molar-refractivity contribution in [1.82, 2.24) is 9.88 Å². The molecule has 2 rings (SSSR count). The first-order valence-electron chi connectivity index (χ1n) is 8.99. The Hall–Kier alpha value is -2.44. The van der Waals surface area contributed by atoms with Crippen LogP contribution in [0.2, 0.25) is 0 Å².